The van der Waals surface area contributed by atoms with E-state index in [-0.39, 0.29) is 34.8 Å². The zero-order chi connectivity index (χ0) is 21.6. The number of nitrogens with zero attached hydrogens (tertiary/aromatic N) is 2. The minimum Gasteiger partial charge on any atom is -0.355 e. The first-order valence-electron chi connectivity index (χ1n) is 10.1. The van der Waals surface area contributed by atoms with Crippen LogP contribution in [-0.2, 0) is 11.3 Å². The summed E-state index contributed by atoms with van der Waals surface area (Å²) in [5.74, 6) is -0.575. The van der Waals surface area contributed by atoms with Gasteiger partial charge in [0.25, 0.3) is 5.56 Å². The molecule has 31 heavy (non-hydrogen) atoms. The minimum atomic E-state index is -0.457. The van der Waals surface area contributed by atoms with E-state index in [0.29, 0.717) is 6.54 Å². The maximum atomic E-state index is 13.3. The van der Waals surface area contributed by atoms with Crippen LogP contribution in [-0.4, -0.2) is 22.0 Å². The van der Waals surface area contributed by atoms with Gasteiger partial charge in [-0.1, -0.05) is 60.7 Å². The average Bonchev–Trinajstić information content (AvgIpc) is 2.80. The fraction of sp³-hybridized carbons (Fsp3) is 0.160. The van der Waals surface area contributed by atoms with E-state index in [9.17, 15) is 14.0 Å². The number of benzene rings is 3. The van der Waals surface area contributed by atoms with Gasteiger partial charge in [-0.25, -0.2) is 9.37 Å². The molecule has 0 atom stereocenters. The molecule has 0 radical (unpaired) electrons. The minimum absolute atomic E-state index is 0.138. The lowest BCUT2D eigenvalue weighted by molar-refractivity contribution is -0.121. The van der Waals surface area contributed by atoms with Gasteiger partial charge in [-0.15, -0.1) is 0 Å². The monoisotopic (exact) mass is 415 g/mol. The van der Waals surface area contributed by atoms with Crippen molar-refractivity contribution >= 4 is 16.8 Å². The molecule has 0 saturated heterocycles. The van der Waals surface area contributed by atoms with E-state index in [4.69, 9.17) is 0 Å². The van der Waals surface area contributed by atoms with Crippen LogP contribution < -0.4 is 10.9 Å². The predicted octanol–water partition coefficient (Wildman–Crippen LogP) is 3.87. The number of aromatic nitrogens is 2. The molecule has 0 aliphatic heterocycles. The summed E-state index contributed by atoms with van der Waals surface area (Å²) in [5, 5.41) is 3.18. The second kappa shape index (κ2) is 9.34. The van der Waals surface area contributed by atoms with Crippen molar-refractivity contribution < 1.29 is 9.18 Å². The average molecular weight is 415 g/mol. The van der Waals surface area contributed by atoms with Crippen molar-refractivity contribution in [3.8, 4) is 0 Å². The molecule has 0 spiro atoms. The summed E-state index contributed by atoms with van der Waals surface area (Å²) in [6.45, 7) is 0.328. The van der Waals surface area contributed by atoms with E-state index in [0.717, 1.165) is 6.42 Å². The van der Waals surface area contributed by atoms with E-state index in [1.807, 2.05) is 36.4 Å². The Labute approximate surface area is 179 Å². The number of halogens is 1. The third-order valence-electron chi connectivity index (χ3n) is 5.26. The largest absolute Gasteiger partial charge is 0.355 e. The predicted molar refractivity (Wildman–Crippen MR) is 118 cm³/mol. The first-order chi connectivity index (χ1) is 15.1. The van der Waals surface area contributed by atoms with Crippen molar-refractivity contribution in [3.05, 3.63) is 112 Å². The first kappa shape index (κ1) is 20.5. The molecule has 3 aromatic carbocycles. The Morgan fingerprint density at radius 3 is 2.26 bits per heavy atom. The molecule has 5 nitrogen and oxygen atoms in total. The maximum Gasteiger partial charge on any atom is 0.261 e. The number of hydrogen-bond acceptors (Lipinski definition) is 3. The second-order valence-electron chi connectivity index (χ2n) is 7.35. The molecular weight excluding hydrogens is 393 g/mol. The number of fused-ring (bicyclic) bond motifs is 1. The van der Waals surface area contributed by atoms with Crippen LogP contribution >= 0.6 is 0 Å². The van der Waals surface area contributed by atoms with Crippen molar-refractivity contribution in [1.82, 2.24) is 14.9 Å². The van der Waals surface area contributed by atoms with Gasteiger partial charge < -0.3 is 5.32 Å². The van der Waals surface area contributed by atoms with Crippen molar-refractivity contribution in [2.75, 3.05) is 6.54 Å². The summed E-state index contributed by atoms with van der Waals surface area (Å²) in [6, 6.07) is 24.1. The lowest BCUT2D eigenvalue weighted by Gasteiger charge is -2.18. The van der Waals surface area contributed by atoms with Crippen LogP contribution in [0.25, 0.3) is 10.9 Å². The van der Waals surface area contributed by atoms with Crippen molar-refractivity contribution in [2.24, 2.45) is 0 Å². The Hall–Kier alpha value is -3.80. The highest BCUT2D eigenvalue weighted by Gasteiger charge is 2.15. The molecule has 6 heteroatoms. The Bertz CT molecular complexity index is 1200. The third kappa shape index (κ3) is 4.86. The molecule has 1 aromatic heterocycles. The number of carbonyl (C=O) groups excluding carboxylic acids is 1. The zero-order valence-electron chi connectivity index (χ0n) is 16.9. The maximum absolute atomic E-state index is 13.3. The van der Waals surface area contributed by atoms with Crippen molar-refractivity contribution in [2.45, 2.75) is 18.9 Å². The fourth-order valence-electron chi connectivity index (χ4n) is 3.71. The molecule has 1 heterocycles. The van der Waals surface area contributed by atoms with Gasteiger partial charge in [0.05, 0.1) is 17.2 Å². The summed E-state index contributed by atoms with van der Waals surface area (Å²) in [7, 11) is 0. The summed E-state index contributed by atoms with van der Waals surface area (Å²) in [6.07, 6.45) is 2.00. The number of carbonyl (C=O) groups is 1. The van der Waals surface area contributed by atoms with Crippen molar-refractivity contribution in [3.63, 3.8) is 0 Å². The smallest absolute Gasteiger partial charge is 0.261 e. The van der Waals surface area contributed by atoms with Gasteiger partial charge in [0.15, 0.2) is 0 Å². The molecule has 0 fully saturated rings. The zero-order valence-corrected chi connectivity index (χ0v) is 16.9. The Morgan fingerprint density at radius 2 is 1.61 bits per heavy atom. The Balaban J connectivity index is 1.42. The summed E-state index contributed by atoms with van der Waals surface area (Å²) in [5.41, 5.74) is 2.28. The standard InChI is InChI=1S/C25H22FN3O2/c26-20-11-12-22-23(15-20)28-17-29(25(22)31)16-24(30)27-14-13-21(18-7-3-1-4-8-18)19-9-5-2-6-10-19/h1-12,15,17,21H,13-14,16H2,(H,27,30). The topological polar surface area (TPSA) is 64.0 Å². The van der Waals surface area contributed by atoms with Crippen LogP contribution in [0.3, 0.4) is 0 Å². The normalized spacial score (nSPS) is 11.0. The van der Waals surface area contributed by atoms with Gasteiger partial charge in [-0.05, 0) is 29.7 Å². The number of amides is 1. The van der Waals surface area contributed by atoms with Gasteiger partial charge in [0.1, 0.15) is 12.4 Å². The third-order valence-corrected chi connectivity index (χ3v) is 5.26. The van der Waals surface area contributed by atoms with Gasteiger partial charge in [0.2, 0.25) is 5.91 Å². The highest BCUT2D eigenvalue weighted by molar-refractivity contribution is 5.79. The number of rotatable bonds is 7. The fourth-order valence-corrected chi connectivity index (χ4v) is 3.71. The van der Waals surface area contributed by atoms with Crippen LogP contribution in [0, 0.1) is 5.82 Å². The van der Waals surface area contributed by atoms with Crippen LogP contribution in [0.4, 0.5) is 4.39 Å². The highest BCUT2D eigenvalue weighted by atomic mass is 19.1. The summed E-state index contributed by atoms with van der Waals surface area (Å²) in [4.78, 5) is 29.1. The lowest BCUT2D eigenvalue weighted by atomic mass is 9.88. The first-order valence-corrected chi connectivity index (χ1v) is 10.1. The quantitative estimate of drug-likeness (QED) is 0.498. The Kier molecular flexibility index (Phi) is 6.17. The molecule has 156 valence electrons. The second-order valence-corrected chi connectivity index (χ2v) is 7.35. The van der Waals surface area contributed by atoms with Gasteiger partial charge >= 0.3 is 0 Å². The van der Waals surface area contributed by atoms with E-state index < -0.39 is 5.82 Å². The van der Waals surface area contributed by atoms with Crippen LogP contribution in [0.5, 0.6) is 0 Å². The van der Waals surface area contributed by atoms with Crippen LogP contribution in [0.1, 0.15) is 23.5 Å². The molecule has 1 amide bonds. The SMILES string of the molecule is O=C(Cn1cnc2cc(F)ccc2c1=O)NCCC(c1ccccc1)c1ccccc1. The lowest BCUT2D eigenvalue weighted by Crippen LogP contribution is -2.33. The Morgan fingerprint density at radius 1 is 0.968 bits per heavy atom. The molecule has 0 saturated carbocycles. The molecule has 0 bridgehead atoms. The van der Waals surface area contributed by atoms with Gasteiger partial charge in [0, 0.05) is 18.5 Å². The van der Waals surface area contributed by atoms with Gasteiger partial charge in [-0.3, -0.25) is 14.2 Å². The molecular formula is C25H22FN3O2. The molecule has 1 N–H and O–H groups in total. The van der Waals surface area contributed by atoms with Gasteiger partial charge in [-0.2, -0.15) is 0 Å². The van der Waals surface area contributed by atoms with E-state index in [1.165, 1.54) is 40.2 Å². The van der Waals surface area contributed by atoms with Crippen LogP contribution in [0.2, 0.25) is 0 Å². The molecule has 4 rings (SSSR count). The highest BCUT2D eigenvalue weighted by Crippen LogP contribution is 2.27. The summed E-state index contributed by atoms with van der Waals surface area (Å²) >= 11 is 0. The van der Waals surface area contributed by atoms with E-state index in [2.05, 4.69) is 34.6 Å². The molecule has 0 aliphatic carbocycles. The van der Waals surface area contributed by atoms with E-state index >= 15 is 0 Å². The van der Waals surface area contributed by atoms with Crippen LogP contribution in [0.15, 0.2) is 90.0 Å². The van der Waals surface area contributed by atoms with Crippen molar-refractivity contribution in [1.29, 1.82) is 0 Å². The summed E-state index contributed by atoms with van der Waals surface area (Å²) < 4.78 is 14.6. The number of nitrogens with one attached hydrogen (secondary N) is 1. The molecule has 0 unspecified atom stereocenters. The molecule has 0 aliphatic rings. The number of hydrogen-bond donors (Lipinski definition) is 1. The van der Waals surface area contributed by atoms with E-state index in [1.54, 1.807) is 0 Å². The molecule has 4 aromatic rings.